The first-order chi connectivity index (χ1) is 12.7. The van der Waals surface area contributed by atoms with Crippen LogP contribution in [0.1, 0.15) is 39.2 Å². The molecule has 0 saturated carbocycles. The van der Waals surface area contributed by atoms with Crippen LogP contribution in [0.3, 0.4) is 0 Å². The van der Waals surface area contributed by atoms with Crippen LogP contribution < -0.4 is 0 Å². The van der Waals surface area contributed by atoms with Crippen LogP contribution in [0.15, 0.2) is 43.0 Å². The summed E-state index contributed by atoms with van der Waals surface area (Å²) < 4.78 is 19.2. The molecule has 27 heavy (non-hydrogen) atoms. The summed E-state index contributed by atoms with van der Waals surface area (Å²) in [6.45, 7) is 17.7. The monoisotopic (exact) mass is 388 g/mol. The Balaban J connectivity index is 1.61. The largest absolute Gasteiger partial charge is 0.414 e. The number of hydrogen-bond donors (Lipinski definition) is 0. The molecule has 0 spiro atoms. The van der Waals surface area contributed by atoms with Crippen molar-refractivity contribution in [1.82, 2.24) is 0 Å². The molecule has 2 fully saturated rings. The van der Waals surface area contributed by atoms with Gasteiger partial charge in [0.25, 0.3) is 0 Å². The maximum Gasteiger partial charge on any atom is 0.192 e. The fourth-order valence-corrected chi connectivity index (χ4v) is 5.22. The van der Waals surface area contributed by atoms with Crippen molar-refractivity contribution in [3.8, 4) is 0 Å². The maximum atomic E-state index is 6.58. The molecule has 150 valence electrons. The summed E-state index contributed by atoms with van der Waals surface area (Å²) in [7, 11) is -1.80. The molecule has 1 aromatic carbocycles. The van der Waals surface area contributed by atoms with Crippen molar-refractivity contribution in [2.75, 3.05) is 13.2 Å². The molecule has 3 unspecified atom stereocenters. The predicted octanol–water partition coefficient (Wildman–Crippen LogP) is 5.57. The summed E-state index contributed by atoms with van der Waals surface area (Å²) in [5.41, 5.74) is 1.01. The molecular weight excluding hydrogens is 352 g/mol. The zero-order valence-electron chi connectivity index (χ0n) is 17.7. The first-order valence-electron chi connectivity index (χ1n) is 10.2. The Morgan fingerprint density at radius 1 is 1.26 bits per heavy atom. The average Bonchev–Trinajstić information content (AvgIpc) is 3.17. The quantitative estimate of drug-likeness (QED) is 0.430. The second kappa shape index (κ2) is 7.82. The van der Waals surface area contributed by atoms with Gasteiger partial charge in [-0.3, -0.25) is 0 Å². The summed E-state index contributed by atoms with van der Waals surface area (Å²) >= 11 is 0. The van der Waals surface area contributed by atoms with E-state index in [0.29, 0.717) is 25.0 Å². The Hall–Kier alpha value is -0.943. The van der Waals surface area contributed by atoms with Crippen LogP contribution in [-0.2, 0) is 20.5 Å². The van der Waals surface area contributed by atoms with Crippen molar-refractivity contribution >= 4 is 8.32 Å². The Kier molecular flexibility index (Phi) is 6.02. The van der Waals surface area contributed by atoms with Gasteiger partial charge in [0.05, 0.1) is 31.5 Å². The van der Waals surface area contributed by atoms with Gasteiger partial charge in [0.2, 0.25) is 0 Å². The van der Waals surface area contributed by atoms with Crippen LogP contribution in [-0.4, -0.2) is 33.2 Å². The van der Waals surface area contributed by atoms with Crippen molar-refractivity contribution in [2.45, 2.75) is 70.1 Å². The van der Waals surface area contributed by atoms with Crippen LogP contribution in [0.4, 0.5) is 0 Å². The third kappa shape index (κ3) is 4.24. The standard InChI is InChI=1S/C23H36O3Si/c1-7-20-19(16-24-15-18-11-9-8-10-12-18)21-13-14-23(20,26-21)17-25-27(5,6)22(2,3)4/h7-12,19-21H,1,13-17H2,2-6H3/t19?,20?,21?,23-/m0/s1. The molecule has 2 aliphatic heterocycles. The minimum Gasteiger partial charge on any atom is -0.414 e. The van der Waals surface area contributed by atoms with E-state index in [0.717, 1.165) is 19.4 Å². The molecule has 3 nitrogen and oxygen atoms in total. The van der Waals surface area contributed by atoms with Gasteiger partial charge in [-0.25, -0.2) is 0 Å². The van der Waals surface area contributed by atoms with Crippen molar-refractivity contribution in [2.24, 2.45) is 11.8 Å². The van der Waals surface area contributed by atoms with E-state index >= 15 is 0 Å². The number of fused-ring (bicyclic) bond motifs is 2. The molecule has 0 aromatic heterocycles. The van der Waals surface area contributed by atoms with Gasteiger partial charge in [0.15, 0.2) is 8.32 Å². The number of ether oxygens (including phenoxy) is 2. The molecular formula is C23H36O3Si. The molecule has 4 atom stereocenters. The molecule has 2 bridgehead atoms. The van der Waals surface area contributed by atoms with E-state index in [9.17, 15) is 0 Å². The van der Waals surface area contributed by atoms with E-state index in [-0.39, 0.29) is 16.7 Å². The Morgan fingerprint density at radius 3 is 2.59 bits per heavy atom. The number of hydrogen-bond acceptors (Lipinski definition) is 3. The van der Waals surface area contributed by atoms with Gasteiger partial charge in [-0.2, -0.15) is 0 Å². The van der Waals surface area contributed by atoms with Gasteiger partial charge in [-0.1, -0.05) is 57.2 Å². The topological polar surface area (TPSA) is 27.7 Å². The molecule has 0 amide bonds. The lowest BCUT2D eigenvalue weighted by atomic mass is 9.72. The fraction of sp³-hybridized carbons (Fsp3) is 0.652. The van der Waals surface area contributed by atoms with Gasteiger partial charge >= 0.3 is 0 Å². The Morgan fingerprint density at radius 2 is 1.96 bits per heavy atom. The third-order valence-corrected chi connectivity index (χ3v) is 11.4. The Labute approximate surface area is 166 Å². The van der Waals surface area contributed by atoms with Crippen molar-refractivity contribution in [3.63, 3.8) is 0 Å². The summed E-state index contributed by atoms with van der Waals surface area (Å²) in [6.07, 6.45) is 4.53. The molecule has 4 heteroatoms. The maximum absolute atomic E-state index is 6.58. The average molecular weight is 389 g/mol. The summed E-state index contributed by atoms with van der Waals surface area (Å²) in [4.78, 5) is 0. The van der Waals surface area contributed by atoms with Gasteiger partial charge in [0.1, 0.15) is 0 Å². The highest BCUT2D eigenvalue weighted by Crippen LogP contribution is 2.52. The third-order valence-electron chi connectivity index (χ3n) is 6.94. The highest BCUT2D eigenvalue weighted by molar-refractivity contribution is 6.74. The molecule has 0 radical (unpaired) electrons. The number of rotatable bonds is 8. The van der Waals surface area contributed by atoms with Crippen LogP contribution in [0.2, 0.25) is 18.1 Å². The van der Waals surface area contributed by atoms with E-state index in [2.05, 4.69) is 70.8 Å². The van der Waals surface area contributed by atoms with E-state index in [1.165, 1.54) is 5.56 Å². The highest BCUT2D eigenvalue weighted by Gasteiger charge is 2.58. The summed E-state index contributed by atoms with van der Waals surface area (Å²) in [6, 6.07) is 10.4. The second-order valence-corrected chi connectivity index (χ2v) is 14.5. The van der Waals surface area contributed by atoms with Gasteiger partial charge in [-0.05, 0) is 36.5 Å². The first kappa shape index (κ1) is 20.8. The molecule has 0 N–H and O–H groups in total. The minimum absolute atomic E-state index is 0.206. The molecule has 3 rings (SSSR count). The normalized spacial score (nSPS) is 30.6. The van der Waals surface area contributed by atoms with Crippen molar-refractivity contribution in [3.05, 3.63) is 48.6 Å². The SMILES string of the molecule is C=CC1C(COCc2ccccc2)C2CC[C@@]1(CO[Si](C)(C)C(C)(C)C)O2. The lowest BCUT2D eigenvalue weighted by molar-refractivity contribution is -0.0371. The number of benzene rings is 1. The molecule has 2 saturated heterocycles. The predicted molar refractivity (Wildman–Crippen MR) is 113 cm³/mol. The Bertz CT molecular complexity index is 637. The lowest BCUT2D eigenvalue weighted by Crippen LogP contribution is -2.48. The molecule has 2 heterocycles. The van der Waals surface area contributed by atoms with Crippen LogP contribution in [0.25, 0.3) is 0 Å². The summed E-state index contributed by atoms with van der Waals surface area (Å²) in [5.74, 6) is 0.680. The zero-order valence-corrected chi connectivity index (χ0v) is 18.7. The van der Waals surface area contributed by atoms with Gasteiger partial charge in [0, 0.05) is 11.8 Å². The van der Waals surface area contributed by atoms with E-state index < -0.39 is 8.32 Å². The van der Waals surface area contributed by atoms with Gasteiger partial charge in [-0.15, -0.1) is 6.58 Å². The van der Waals surface area contributed by atoms with E-state index in [4.69, 9.17) is 13.9 Å². The lowest BCUT2D eigenvalue weighted by Gasteiger charge is -2.41. The van der Waals surface area contributed by atoms with Crippen molar-refractivity contribution < 1.29 is 13.9 Å². The first-order valence-corrected chi connectivity index (χ1v) is 13.2. The second-order valence-electron chi connectivity index (χ2n) is 9.73. The van der Waals surface area contributed by atoms with Crippen LogP contribution >= 0.6 is 0 Å². The zero-order chi connectivity index (χ0) is 19.7. The van der Waals surface area contributed by atoms with Crippen molar-refractivity contribution in [1.29, 1.82) is 0 Å². The van der Waals surface area contributed by atoms with E-state index in [1.54, 1.807) is 0 Å². The fourth-order valence-electron chi connectivity index (χ4n) is 4.18. The minimum atomic E-state index is -1.80. The van der Waals surface area contributed by atoms with Gasteiger partial charge < -0.3 is 13.9 Å². The smallest absolute Gasteiger partial charge is 0.192 e. The van der Waals surface area contributed by atoms with Crippen LogP contribution in [0, 0.1) is 11.8 Å². The van der Waals surface area contributed by atoms with E-state index in [1.807, 2.05) is 6.07 Å². The summed E-state index contributed by atoms with van der Waals surface area (Å²) in [5, 5.41) is 0.210. The molecule has 0 aliphatic carbocycles. The molecule has 1 aromatic rings. The highest BCUT2D eigenvalue weighted by atomic mass is 28.4. The van der Waals surface area contributed by atoms with Crippen LogP contribution in [0.5, 0.6) is 0 Å². The molecule has 2 aliphatic rings.